The quantitative estimate of drug-likeness (QED) is 0.873. The van der Waals surface area contributed by atoms with Crippen LogP contribution in [0.1, 0.15) is 31.5 Å². The lowest BCUT2D eigenvalue weighted by molar-refractivity contribution is 0.121. The summed E-state index contributed by atoms with van der Waals surface area (Å²) in [5.74, 6) is 0.824. The van der Waals surface area contributed by atoms with Gasteiger partial charge in [0.05, 0.1) is 6.10 Å². The molecule has 0 saturated carbocycles. The molecule has 1 aromatic heterocycles. The van der Waals surface area contributed by atoms with Crippen LogP contribution in [0.3, 0.4) is 0 Å². The molecular formula is C14H24N4O. The van der Waals surface area contributed by atoms with Crippen molar-refractivity contribution < 1.29 is 4.74 Å². The minimum absolute atomic E-state index is 0.311. The van der Waals surface area contributed by atoms with Gasteiger partial charge < -0.3 is 15.0 Å². The van der Waals surface area contributed by atoms with E-state index in [-0.39, 0.29) is 0 Å². The van der Waals surface area contributed by atoms with Gasteiger partial charge in [-0.25, -0.2) is 9.97 Å². The summed E-state index contributed by atoms with van der Waals surface area (Å²) in [4.78, 5) is 11.3. The van der Waals surface area contributed by atoms with Crippen LogP contribution in [0.4, 0.5) is 5.95 Å². The van der Waals surface area contributed by atoms with Gasteiger partial charge in [-0.1, -0.05) is 13.8 Å². The average Bonchev–Trinajstić information content (AvgIpc) is 2.85. The molecule has 0 aromatic carbocycles. The second-order valence-electron chi connectivity index (χ2n) is 5.41. The lowest BCUT2D eigenvalue weighted by Crippen LogP contribution is -2.26. The van der Waals surface area contributed by atoms with Crippen molar-refractivity contribution in [2.75, 3.05) is 25.1 Å². The number of nitrogens with zero attached hydrogens (tertiary/aromatic N) is 3. The number of aromatic nitrogens is 2. The minimum Gasteiger partial charge on any atom is -0.380 e. The fourth-order valence-electron chi connectivity index (χ4n) is 2.22. The number of methoxy groups -OCH3 is 1. The fourth-order valence-corrected chi connectivity index (χ4v) is 2.22. The summed E-state index contributed by atoms with van der Waals surface area (Å²) >= 11 is 0. The van der Waals surface area contributed by atoms with Crippen molar-refractivity contribution in [3.63, 3.8) is 0 Å². The Kier molecular flexibility index (Phi) is 4.71. The van der Waals surface area contributed by atoms with E-state index in [9.17, 15) is 0 Å². The molecule has 0 bridgehead atoms. The zero-order chi connectivity index (χ0) is 13.8. The van der Waals surface area contributed by atoms with Crippen LogP contribution in [-0.2, 0) is 11.3 Å². The van der Waals surface area contributed by atoms with Crippen molar-refractivity contribution in [2.24, 2.45) is 0 Å². The summed E-state index contributed by atoms with van der Waals surface area (Å²) in [6.45, 7) is 9.01. The molecule has 2 heterocycles. The number of hydrogen-bond donors (Lipinski definition) is 1. The number of ether oxygens (including phenoxy) is 1. The zero-order valence-corrected chi connectivity index (χ0v) is 12.3. The number of anilines is 1. The Morgan fingerprint density at radius 2 is 2.32 bits per heavy atom. The highest BCUT2D eigenvalue weighted by atomic mass is 16.5. The van der Waals surface area contributed by atoms with Gasteiger partial charge in [0.1, 0.15) is 0 Å². The molecule has 1 unspecified atom stereocenters. The fraction of sp³-hybridized carbons (Fsp3) is 0.714. The lowest BCUT2D eigenvalue weighted by Gasteiger charge is -2.17. The maximum Gasteiger partial charge on any atom is 0.225 e. The van der Waals surface area contributed by atoms with Gasteiger partial charge >= 0.3 is 0 Å². The van der Waals surface area contributed by atoms with Crippen LogP contribution in [0.15, 0.2) is 6.20 Å². The van der Waals surface area contributed by atoms with E-state index >= 15 is 0 Å². The van der Waals surface area contributed by atoms with Crippen LogP contribution in [-0.4, -0.2) is 42.3 Å². The third-order valence-corrected chi connectivity index (χ3v) is 3.53. The molecule has 1 fully saturated rings. The van der Waals surface area contributed by atoms with Gasteiger partial charge in [0.2, 0.25) is 5.95 Å². The van der Waals surface area contributed by atoms with Gasteiger partial charge in [-0.05, 0) is 13.3 Å². The van der Waals surface area contributed by atoms with Crippen molar-refractivity contribution in [3.05, 3.63) is 17.5 Å². The van der Waals surface area contributed by atoms with Crippen LogP contribution in [0, 0.1) is 6.92 Å². The van der Waals surface area contributed by atoms with Crippen molar-refractivity contribution in [1.82, 2.24) is 15.3 Å². The molecule has 0 amide bonds. The first kappa shape index (κ1) is 14.2. The average molecular weight is 264 g/mol. The molecule has 5 heteroatoms. The van der Waals surface area contributed by atoms with Crippen molar-refractivity contribution in [1.29, 1.82) is 0 Å². The highest BCUT2D eigenvalue weighted by Gasteiger charge is 2.24. The Labute approximate surface area is 115 Å². The Morgan fingerprint density at radius 3 is 2.89 bits per heavy atom. The molecular weight excluding hydrogens is 240 g/mol. The molecule has 5 nitrogen and oxygen atoms in total. The molecule has 106 valence electrons. The van der Waals surface area contributed by atoms with Crippen molar-refractivity contribution >= 4 is 5.95 Å². The Bertz CT molecular complexity index is 422. The maximum atomic E-state index is 5.37. The van der Waals surface area contributed by atoms with Crippen LogP contribution >= 0.6 is 0 Å². The van der Waals surface area contributed by atoms with Crippen LogP contribution in [0.2, 0.25) is 0 Å². The predicted octanol–water partition coefficient (Wildman–Crippen LogP) is 1.51. The van der Waals surface area contributed by atoms with E-state index in [1.54, 1.807) is 7.11 Å². The zero-order valence-electron chi connectivity index (χ0n) is 12.3. The van der Waals surface area contributed by atoms with Gasteiger partial charge in [-0.15, -0.1) is 0 Å². The highest BCUT2D eigenvalue weighted by Crippen LogP contribution is 2.18. The maximum absolute atomic E-state index is 5.37. The summed E-state index contributed by atoms with van der Waals surface area (Å²) in [5.41, 5.74) is 2.22. The molecule has 1 N–H and O–H groups in total. The van der Waals surface area contributed by atoms with Crippen molar-refractivity contribution in [3.8, 4) is 0 Å². The van der Waals surface area contributed by atoms with E-state index in [1.165, 1.54) is 5.56 Å². The SMILES string of the molecule is COC1CCN(c2ncc(CNC(C)C)c(C)n2)C1. The topological polar surface area (TPSA) is 50.3 Å². The van der Waals surface area contributed by atoms with Gasteiger partial charge in [0.25, 0.3) is 0 Å². The predicted molar refractivity (Wildman–Crippen MR) is 76.4 cm³/mol. The van der Waals surface area contributed by atoms with E-state index in [2.05, 4.69) is 34.0 Å². The van der Waals surface area contributed by atoms with E-state index < -0.39 is 0 Å². The van der Waals surface area contributed by atoms with E-state index in [0.717, 1.165) is 37.7 Å². The Morgan fingerprint density at radius 1 is 1.53 bits per heavy atom. The second-order valence-corrected chi connectivity index (χ2v) is 5.41. The standard InChI is InChI=1S/C14H24N4O/c1-10(2)15-7-12-8-16-14(17-11(12)3)18-6-5-13(9-18)19-4/h8,10,13,15H,5-7,9H2,1-4H3. The first-order valence-corrected chi connectivity index (χ1v) is 6.93. The summed E-state index contributed by atoms with van der Waals surface area (Å²) < 4.78 is 5.37. The number of rotatable bonds is 5. The number of aryl methyl sites for hydroxylation is 1. The van der Waals surface area contributed by atoms with Crippen LogP contribution in [0.5, 0.6) is 0 Å². The molecule has 1 aromatic rings. The van der Waals surface area contributed by atoms with E-state index in [4.69, 9.17) is 4.74 Å². The third kappa shape index (κ3) is 3.64. The highest BCUT2D eigenvalue weighted by molar-refractivity contribution is 5.34. The molecule has 0 aliphatic carbocycles. The molecule has 1 atom stereocenters. The monoisotopic (exact) mass is 264 g/mol. The first-order chi connectivity index (χ1) is 9.10. The van der Waals surface area contributed by atoms with Crippen LogP contribution < -0.4 is 10.2 Å². The van der Waals surface area contributed by atoms with Gasteiger partial charge in [0, 0.05) is 50.2 Å². The normalized spacial score (nSPS) is 19.4. The molecule has 0 radical (unpaired) electrons. The molecule has 1 saturated heterocycles. The molecule has 0 spiro atoms. The largest absolute Gasteiger partial charge is 0.380 e. The Balaban J connectivity index is 2.02. The first-order valence-electron chi connectivity index (χ1n) is 6.93. The summed E-state index contributed by atoms with van der Waals surface area (Å²) in [6, 6.07) is 0.472. The van der Waals surface area contributed by atoms with Crippen molar-refractivity contribution in [2.45, 2.75) is 45.9 Å². The second kappa shape index (κ2) is 6.30. The summed E-state index contributed by atoms with van der Waals surface area (Å²) in [5, 5.41) is 3.39. The third-order valence-electron chi connectivity index (χ3n) is 3.53. The van der Waals surface area contributed by atoms with Crippen LogP contribution in [0.25, 0.3) is 0 Å². The molecule has 1 aliphatic rings. The van der Waals surface area contributed by atoms with E-state index in [1.807, 2.05) is 13.1 Å². The molecule has 2 rings (SSSR count). The lowest BCUT2D eigenvalue weighted by atomic mass is 10.2. The van der Waals surface area contributed by atoms with Gasteiger partial charge in [-0.2, -0.15) is 0 Å². The molecule has 19 heavy (non-hydrogen) atoms. The summed E-state index contributed by atoms with van der Waals surface area (Å²) in [6.07, 6.45) is 3.30. The Hall–Kier alpha value is -1.20. The van der Waals surface area contributed by atoms with Gasteiger partial charge in [0.15, 0.2) is 0 Å². The van der Waals surface area contributed by atoms with Gasteiger partial charge in [-0.3, -0.25) is 0 Å². The summed E-state index contributed by atoms with van der Waals surface area (Å²) in [7, 11) is 1.76. The molecule has 1 aliphatic heterocycles. The number of hydrogen-bond acceptors (Lipinski definition) is 5. The number of nitrogens with one attached hydrogen (secondary N) is 1. The minimum atomic E-state index is 0.311. The smallest absolute Gasteiger partial charge is 0.225 e. The van der Waals surface area contributed by atoms with E-state index in [0.29, 0.717) is 12.1 Å².